The molecule has 2 rings (SSSR count). The maximum atomic E-state index is 13.6. The normalized spacial score (nSPS) is 12.2. The molecule has 0 spiro atoms. The molecule has 1 N–H and O–H groups in total. The van der Waals surface area contributed by atoms with Crippen LogP contribution in [0.4, 0.5) is 4.39 Å². The zero-order chi connectivity index (χ0) is 14.0. The largest absolute Gasteiger partial charge is 0.345 e. The Balaban J connectivity index is 2.15. The standard InChI is InChI=1S/C14H13ClFNOS/c1-8-3-6-13(19-8)9(2)17-14(18)11-7-10(15)4-5-12(11)16/h3-7,9H,1-2H3,(H,17,18). The third kappa shape index (κ3) is 3.33. The minimum Gasteiger partial charge on any atom is -0.345 e. The first-order valence-corrected chi connectivity index (χ1v) is 6.99. The van der Waals surface area contributed by atoms with Gasteiger partial charge in [-0.15, -0.1) is 11.3 Å². The number of hydrogen-bond acceptors (Lipinski definition) is 2. The minimum absolute atomic E-state index is 0.0346. The predicted octanol–water partition coefficient (Wildman–Crippen LogP) is 4.34. The number of halogens is 2. The Morgan fingerprint density at radius 3 is 2.74 bits per heavy atom. The maximum absolute atomic E-state index is 13.6. The van der Waals surface area contributed by atoms with Crippen molar-refractivity contribution in [2.75, 3.05) is 0 Å². The summed E-state index contributed by atoms with van der Waals surface area (Å²) < 4.78 is 13.6. The van der Waals surface area contributed by atoms with E-state index in [1.165, 1.54) is 23.1 Å². The number of benzene rings is 1. The summed E-state index contributed by atoms with van der Waals surface area (Å²) in [5.41, 5.74) is -0.0346. The summed E-state index contributed by atoms with van der Waals surface area (Å²) in [6, 6.07) is 7.72. The van der Waals surface area contributed by atoms with Crippen LogP contribution in [0.1, 0.15) is 33.1 Å². The van der Waals surface area contributed by atoms with E-state index in [2.05, 4.69) is 5.32 Å². The molecule has 0 saturated carbocycles. The van der Waals surface area contributed by atoms with Gasteiger partial charge in [-0.25, -0.2) is 4.39 Å². The van der Waals surface area contributed by atoms with Crippen molar-refractivity contribution in [3.8, 4) is 0 Å². The lowest BCUT2D eigenvalue weighted by atomic mass is 10.2. The molecule has 1 atom stereocenters. The molecule has 19 heavy (non-hydrogen) atoms. The fourth-order valence-electron chi connectivity index (χ4n) is 1.70. The van der Waals surface area contributed by atoms with Gasteiger partial charge >= 0.3 is 0 Å². The first-order chi connectivity index (χ1) is 8.97. The van der Waals surface area contributed by atoms with Crippen molar-refractivity contribution in [2.45, 2.75) is 19.9 Å². The fourth-order valence-corrected chi connectivity index (χ4v) is 2.75. The van der Waals surface area contributed by atoms with Gasteiger partial charge in [0.15, 0.2) is 0 Å². The molecular weight excluding hydrogens is 285 g/mol. The summed E-state index contributed by atoms with van der Waals surface area (Å²) in [6.45, 7) is 3.87. The van der Waals surface area contributed by atoms with Crippen LogP contribution in [0.5, 0.6) is 0 Å². The molecule has 0 saturated heterocycles. The lowest BCUT2D eigenvalue weighted by Gasteiger charge is -2.12. The first kappa shape index (κ1) is 14.0. The van der Waals surface area contributed by atoms with Gasteiger partial charge in [0.25, 0.3) is 5.91 Å². The summed E-state index contributed by atoms with van der Waals surface area (Å²) in [6.07, 6.45) is 0. The first-order valence-electron chi connectivity index (χ1n) is 5.79. The Kier molecular flexibility index (Phi) is 4.22. The number of nitrogens with one attached hydrogen (secondary N) is 1. The number of aryl methyl sites for hydroxylation is 1. The quantitative estimate of drug-likeness (QED) is 0.897. The van der Waals surface area contributed by atoms with Crippen LogP contribution in [0, 0.1) is 12.7 Å². The van der Waals surface area contributed by atoms with E-state index in [4.69, 9.17) is 11.6 Å². The second-order valence-electron chi connectivity index (χ2n) is 4.27. The highest BCUT2D eigenvalue weighted by Gasteiger charge is 2.16. The number of thiophene rings is 1. The van der Waals surface area contributed by atoms with Crippen molar-refractivity contribution in [2.24, 2.45) is 0 Å². The van der Waals surface area contributed by atoms with E-state index in [-0.39, 0.29) is 11.6 Å². The summed E-state index contributed by atoms with van der Waals surface area (Å²) in [5, 5.41) is 3.11. The molecular formula is C14H13ClFNOS. The summed E-state index contributed by atoms with van der Waals surface area (Å²) in [5.74, 6) is -1.03. The molecule has 2 nitrogen and oxygen atoms in total. The van der Waals surface area contributed by atoms with Gasteiger partial charge in [0.1, 0.15) is 5.82 Å². The molecule has 0 fully saturated rings. The van der Waals surface area contributed by atoms with Gasteiger partial charge in [0.2, 0.25) is 0 Å². The average molecular weight is 298 g/mol. The summed E-state index contributed by atoms with van der Waals surface area (Å²) in [4.78, 5) is 14.2. The SMILES string of the molecule is Cc1ccc(C(C)NC(=O)c2cc(Cl)ccc2F)s1. The maximum Gasteiger partial charge on any atom is 0.254 e. The van der Waals surface area contributed by atoms with Crippen LogP contribution in [0.2, 0.25) is 5.02 Å². The molecule has 5 heteroatoms. The van der Waals surface area contributed by atoms with Crippen molar-refractivity contribution >= 4 is 28.8 Å². The lowest BCUT2D eigenvalue weighted by Crippen LogP contribution is -2.26. The number of carbonyl (C=O) groups is 1. The van der Waals surface area contributed by atoms with Crippen molar-refractivity contribution in [3.05, 3.63) is 56.5 Å². The number of rotatable bonds is 3. The Morgan fingerprint density at radius 2 is 2.11 bits per heavy atom. The predicted molar refractivity (Wildman–Crippen MR) is 76.3 cm³/mol. The zero-order valence-electron chi connectivity index (χ0n) is 10.5. The summed E-state index contributed by atoms with van der Waals surface area (Å²) >= 11 is 7.38. The molecule has 0 aliphatic rings. The van der Waals surface area contributed by atoms with E-state index >= 15 is 0 Å². The number of carbonyl (C=O) groups excluding carboxylic acids is 1. The molecule has 0 radical (unpaired) electrons. The topological polar surface area (TPSA) is 29.1 Å². The van der Waals surface area contributed by atoms with E-state index in [0.29, 0.717) is 5.02 Å². The van der Waals surface area contributed by atoms with E-state index in [1.807, 2.05) is 26.0 Å². The highest BCUT2D eigenvalue weighted by molar-refractivity contribution is 7.12. The van der Waals surface area contributed by atoms with Gasteiger partial charge in [-0.1, -0.05) is 11.6 Å². The molecule has 1 aromatic heterocycles. The molecule has 0 aliphatic carbocycles. The van der Waals surface area contributed by atoms with Gasteiger partial charge in [-0.05, 0) is 44.2 Å². The third-order valence-electron chi connectivity index (χ3n) is 2.71. The van der Waals surface area contributed by atoms with Crippen LogP contribution in [0.3, 0.4) is 0 Å². The fraction of sp³-hybridized carbons (Fsp3) is 0.214. The Hall–Kier alpha value is -1.39. The Labute approximate surface area is 120 Å². The smallest absolute Gasteiger partial charge is 0.254 e. The van der Waals surface area contributed by atoms with Crippen LogP contribution in [0.25, 0.3) is 0 Å². The van der Waals surface area contributed by atoms with Crippen molar-refractivity contribution in [3.63, 3.8) is 0 Å². The second-order valence-corrected chi connectivity index (χ2v) is 6.02. The molecule has 1 aromatic carbocycles. The number of hydrogen-bond donors (Lipinski definition) is 1. The molecule has 1 heterocycles. The monoisotopic (exact) mass is 297 g/mol. The van der Waals surface area contributed by atoms with Crippen molar-refractivity contribution in [1.82, 2.24) is 5.32 Å². The molecule has 0 bridgehead atoms. The molecule has 100 valence electrons. The van der Waals surface area contributed by atoms with Crippen LogP contribution < -0.4 is 5.32 Å². The molecule has 1 unspecified atom stereocenters. The van der Waals surface area contributed by atoms with E-state index in [0.717, 1.165) is 4.88 Å². The van der Waals surface area contributed by atoms with Gasteiger partial charge in [0.05, 0.1) is 11.6 Å². The molecule has 2 aromatic rings. The van der Waals surface area contributed by atoms with Crippen LogP contribution in [0.15, 0.2) is 30.3 Å². The molecule has 1 amide bonds. The Morgan fingerprint density at radius 1 is 1.37 bits per heavy atom. The molecule has 0 aliphatic heterocycles. The van der Waals surface area contributed by atoms with Crippen LogP contribution in [-0.2, 0) is 0 Å². The second kappa shape index (κ2) is 5.72. The average Bonchev–Trinajstić information content (AvgIpc) is 2.79. The van der Waals surface area contributed by atoms with Gasteiger partial charge in [0, 0.05) is 14.8 Å². The zero-order valence-corrected chi connectivity index (χ0v) is 12.1. The Bertz CT molecular complexity index is 611. The number of amides is 1. The van der Waals surface area contributed by atoms with Gasteiger partial charge in [-0.3, -0.25) is 4.79 Å². The minimum atomic E-state index is -0.573. The van der Waals surface area contributed by atoms with Gasteiger partial charge < -0.3 is 5.32 Å². The van der Waals surface area contributed by atoms with Gasteiger partial charge in [-0.2, -0.15) is 0 Å². The highest BCUT2D eigenvalue weighted by Crippen LogP contribution is 2.23. The van der Waals surface area contributed by atoms with E-state index in [9.17, 15) is 9.18 Å². The summed E-state index contributed by atoms with van der Waals surface area (Å²) in [7, 11) is 0. The van der Waals surface area contributed by atoms with E-state index in [1.54, 1.807) is 11.3 Å². The highest BCUT2D eigenvalue weighted by atomic mass is 35.5. The lowest BCUT2D eigenvalue weighted by molar-refractivity contribution is 0.0936. The van der Waals surface area contributed by atoms with Crippen LogP contribution >= 0.6 is 22.9 Å². The van der Waals surface area contributed by atoms with E-state index < -0.39 is 11.7 Å². The van der Waals surface area contributed by atoms with Crippen molar-refractivity contribution in [1.29, 1.82) is 0 Å². The third-order valence-corrected chi connectivity index (χ3v) is 4.13. The van der Waals surface area contributed by atoms with Crippen LogP contribution in [-0.4, -0.2) is 5.91 Å². The van der Waals surface area contributed by atoms with Crippen molar-refractivity contribution < 1.29 is 9.18 Å².